The average Bonchev–Trinajstić information content (AvgIpc) is 3.09. The lowest BCUT2D eigenvalue weighted by atomic mass is 10.1. The van der Waals surface area contributed by atoms with Gasteiger partial charge in [-0.1, -0.05) is 6.07 Å². The average molecular weight is 322 g/mol. The first kappa shape index (κ1) is 13.4. The van der Waals surface area contributed by atoms with Gasteiger partial charge >= 0.3 is 6.18 Å². The molecule has 2 nitrogen and oxygen atoms in total. The SMILES string of the molecule is CN(C(=O)c1c(Br)cccc1C(F)(F)F)C1CC1. The van der Waals surface area contributed by atoms with Crippen LogP contribution in [0.2, 0.25) is 0 Å². The second-order valence-electron chi connectivity index (χ2n) is 4.31. The number of halogens is 4. The van der Waals surface area contributed by atoms with Crippen LogP contribution in [0.4, 0.5) is 13.2 Å². The summed E-state index contributed by atoms with van der Waals surface area (Å²) in [6, 6.07) is 3.73. The molecule has 0 N–H and O–H groups in total. The van der Waals surface area contributed by atoms with Crippen LogP contribution in [0, 0.1) is 0 Å². The van der Waals surface area contributed by atoms with Crippen LogP contribution in [0.15, 0.2) is 22.7 Å². The van der Waals surface area contributed by atoms with Gasteiger partial charge in [0.05, 0.1) is 11.1 Å². The van der Waals surface area contributed by atoms with Crippen molar-refractivity contribution < 1.29 is 18.0 Å². The van der Waals surface area contributed by atoms with Crippen molar-refractivity contribution in [3.8, 4) is 0 Å². The molecule has 1 aromatic rings. The number of amides is 1. The van der Waals surface area contributed by atoms with Gasteiger partial charge in [0.15, 0.2) is 0 Å². The van der Waals surface area contributed by atoms with Gasteiger partial charge < -0.3 is 4.90 Å². The minimum absolute atomic E-state index is 0.0747. The second kappa shape index (κ2) is 4.57. The number of hydrogen-bond acceptors (Lipinski definition) is 1. The van der Waals surface area contributed by atoms with Gasteiger partial charge in [0, 0.05) is 17.6 Å². The molecule has 0 saturated heterocycles. The third kappa shape index (κ3) is 2.53. The predicted molar refractivity (Wildman–Crippen MR) is 64.3 cm³/mol. The van der Waals surface area contributed by atoms with Crippen LogP contribution >= 0.6 is 15.9 Å². The summed E-state index contributed by atoms with van der Waals surface area (Å²) in [5, 5.41) is 0. The molecule has 0 atom stereocenters. The number of nitrogens with zero attached hydrogens (tertiary/aromatic N) is 1. The van der Waals surface area contributed by atoms with Crippen LogP contribution in [-0.4, -0.2) is 23.9 Å². The Labute approximate surface area is 111 Å². The number of carbonyl (C=O) groups excluding carboxylic acids is 1. The third-order valence-electron chi connectivity index (χ3n) is 2.95. The monoisotopic (exact) mass is 321 g/mol. The van der Waals surface area contributed by atoms with E-state index in [0.717, 1.165) is 18.9 Å². The molecule has 2 rings (SSSR count). The van der Waals surface area contributed by atoms with Crippen LogP contribution in [0.25, 0.3) is 0 Å². The smallest absolute Gasteiger partial charge is 0.339 e. The summed E-state index contributed by atoms with van der Waals surface area (Å²) in [7, 11) is 1.54. The lowest BCUT2D eigenvalue weighted by molar-refractivity contribution is -0.138. The van der Waals surface area contributed by atoms with Gasteiger partial charge in [0.1, 0.15) is 0 Å². The van der Waals surface area contributed by atoms with Crippen LogP contribution in [0.5, 0.6) is 0 Å². The molecule has 6 heteroatoms. The maximum absolute atomic E-state index is 12.9. The minimum atomic E-state index is -4.53. The summed E-state index contributed by atoms with van der Waals surface area (Å²) in [5.74, 6) is -0.586. The summed E-state index contributed by atoms with van der Waals surface area (Å²) in [6.07, 6.45) is -2.82. The van der Waals surface area contributed by atoms with E-state index in [1.54, 1.807) is 7.05 Å². The summed E-state index contributed by atoms with van der Waals surface area (Å²) in [5.41, 5.74) is -1.20. The number of rotatable bonds is 2. The second-order valence-corrected chi connectivity index (χ2v) is 5.16. The Morgan fingerprint density at radius 2 is 2.00 bits per heavy atom. The molecule has 0 spiro atoms. The molecule has 98 valence electrons. The van der Waals surface area contributed by atoms with Crippen molar-refractivity contribution in [2.24, 2.45) is 0 Å². The molecule has 1 aromatic carbocycles. The van der Waals surface area contributed by atoms with E-state index < -0.39 is 17.6 Å². The molecule has 1 aliphatic rings. The Hall–Kier alpha value is -1.04. The predicted octanol–water partition coefficient (Wildman–Crippen LogP) is 3.70. The van der Waals surface area contributed by atoms with Crippen molar-refractivity contribution in [1.82, 2.24) is 4.90 Å². The number of hydrogen-bond donors (Lipinski definition) is 0. The van der Waals surface area contributed by atoms with Crippen molar-refractivity contribution in [3.05, 3.63) is 33.8 Å². The van der Waals surface area contributed by atoms with Crippen molar-refractivity contribution in [3.63, 3.8) is 0 Å². The molecule has 1 saturated carbocycles. The highest BCUT2D eigenvalue weighted by Crippen LogP contribution is 2.37. The van der Waals surface area contributed by atoms with E-state index >= 15 is 0 Å². The van der Waals surface area contributed by atoms with Gasteiger partial charge in [0.2, 0.25) is 0 Å². The Balaban J connectivity index is 2.45. The fourth-order valence-electron chi connectivity index (χ4n) is 1.78. The van der Waals surface area contributed by atoms with E-state index in [1.165, 1.54) is 17.0 Å². The summed E-state index contributed by atoms with van der Waals surface area (Å²) >= 11 is 3.03. The first-order valence-corrected chi connectivity index (χ1v) is 6.24. The zero-order valence-electron chi connectivity index (χ0n) is 9.59. The standard InChI is InChI=1S/C12H11BrF3NO/c1-17(7-5-6-7)11(18)10-8(12(14,15)16)3-2-4-9(10)13/h2-4,7H,5-6H2,1H3. The highest BCUT2D eigenvalue weighted by atomic mass is 79.9. The third-order valence-corrected chi connectivity index (χ3v) is 3.61. The Bertz CT molecular complexity index is 483. The fourth-order valence-corrected chi connectivity index (χ4v) is 2.32. The van der Waals surface area contributed by atoms with Gasteiger partial charge in [-0.05, 0) is 40.9 Å². The highest BCUT2D eigenvalue weighted by Gasteiger charge is 2.39. The summed E-state index contributed by atoms with van der Waals surface area (Å²) in [4.78, 5) is 13.5. The Kier molecular flexibility index (Phi) is 3.40. The molecule has 0 bridgehead atoms. The van der Waals surface area contributed by atoms with E-state index in [4.69, 9.17) is 0 Å². The Morgan fingerprint density at radius 3 is 2.50 bits per heavy atom. The van der Waals surface area contributed by atoms with Crippen LogP contribution in [0.1, 0.15) is 28.8 Å². The largest absolute Gasteiger partial charge is 0.417 e. The molecule has 0 aliphatic heterocycles. The van der Waals surface area contributed by atoms with E-state index in [9.17, 15) is 18.0 Å². The van der Waals surface area contributed by atoms with Gasteiger partial charge in [-0.15, -0.1) is 0 Å². The maximum atomic E-state index is 12.9. The van der Waals surface area contributed by atoms with Crippen LogP contribution in [0.3, 0.4) is 0 Å². The minimum Gasteiger partial charge on any atom is -0.339 e. The summed E-state index contributed by atoms with van der Waals surface area (Å²) < 4.78 is 38.8. The van der Waals surface area contributed by atoms with Gasteiger partial charge in [-0.3, -0.25) is 4.79 Å². The van der Waals surface area contributed by atoms with Gasteiger partial charge in [-0.2, -0.15) is 13.2 Å². The van der Waals surface area contributed by atoms with E-state index in [0.29, 0.717) is 0 Å². The quantitative estimate of drug-likeness (QED) is 0.813. The Morgan fingerprint density at radius 1 is 1.39 bits per heavy atom. The van der Waals surface area contributed by atoms with Crippen molar-refractivity contribution in [2.45, 2.75) is 25.1 Å². The lowest BCUT2D eigenvalue weighted by Gasteiger charge is -2.20. The van der Waals surface area contributed by atoms with Gasteiger partial charge in [0.25, 0.3) is 5.91 Å². The summed E-state index contributed by atoms with van der Waals surface area (Å²) in [6.45, 7) is 0. The molecular formula is C12H11BrF3NO. The van der Waals surface area contributed by atoms with E-state index in [1.807, 2.05) is 0 Å². The molecule has 0 unspecified atom stereocenters. The number of benzene rings is 1. The van der Waals surface area contributed by atoms with E-state index in [2.05, 4.69) is 15.9 Å². The lowest BCUT2D eigenvalue weighted by Crippen LogP contribution is -2.31. The van der Waals surface area contributed by atoms with Crippen LogP contribution in [-0.2, 0) is 6.18 Å². The molecule has 0 radical (unpaired) electrons. The molecule has 1 aliphatic carbocycles. The zero-order valence-corrected chi connectivity index (χ0v) is 11.2. The topological polar surface area (TPSA) is 20.3 Å². The molecule has 0 heterocycles. The zero-order chi connectivity index (χ0) is 13.5. The number of carbonyl (C=O) groups is 1. The van der Waals surface area contributed by atoms with Crippen molar-refractivity contribution >= 4 is 21.8 Å². The molecule has 18 heavy (non-hydrogen) atoms. The first-order valence-electron chi connectivity index (χ1n) is 5.45. The fraction of sp³-hybridized carbons (Fsp3) is 0.417. The number of alkyl halides is 3. The van der Waals surface area contributed by atoms with Crippen molar-refractivity contribution in [1.29, 1.82) is 0 Å². The maximum Gasteiger partial charge on any atom is 0.417 e. The van der Waals surface area contributed by atoms with Crippen molar-refractivity contribution in [2.75, 3.05) is 7.05 Å². The van der Waals surface area contributed by atoms with E-state index in [-0.39, 0.29) is 16.1 Å². The highest BCUT2D eigenvalue weighted by molar-refractivity contribution is 9.10. The molecule has 0 aromatic heterocycles. The van der Waals surface area contributed by atoms with Gasteiger partial charge in [-0.25, -0.2) is 0 Å². The van der Waals surface area contributed by atoms with Crippen LogP contribution < -0.4 is 0 Å². The molecular weight excluding hydrogens is 311 g/mol. The first-order chi connectivity index (χ1) is 8.32. The molecule has 1 fully saturated rings. The normalized spacial score (nSPS) is 15.6. The molecule has 1 amide bonds.